The molecule has 0 aliphatic heterocycles. The van der Waals surface area contributed by atoms with Gasteiger partial charge in [-0.3, -0.25) is 0 Å². The number of rotatable bonds is 3. The van der Waals surface area contributed by atoms with Gasteiger partial charge in [-0.1, -0.05) is 13.8 Å². The fourth-order valence-corrected chi connectivity index (χ4v) is 2.18. The van der Waals surface area contributed by atoms with Gasteiger partial charge in [0, 0.05) is 11.4 Å². The van der Waals surface area contributed by atoms with Crippen molar-refractivity contribution in [3.8, 4) is 16.6 Å². The summed E-state index contributed by atoms with van der Waals surface area (Å²) in [5.41, 5.74) is 1.90. The summed E-state index contributed by atoms with van der Waals surface area (Å²) in [6.07, 6.45) is 1.49. The van der Waals surface area contributed by atoms with Gasteiger partial charge in [-0.05, 0) is 5.92 Å². The standard InChI is InChI=1S/C11H13N3OS/c1-7(2)9-5-16-11(14-9)8-4-10(15-3)13-6-12-8/h4-7H,1-3H3. The topological polar surface area (TPSA) is 47.9 Å². The number of hydrogen-bond acceptors (Lipinski definition) is 5. The lowest BCUT2D eigenvalue weighted by Gasteiger charge is -2.00. The summed E-state index contributed by atoms with van der Waals surface area (Å²) >= 11 is 1.59. The molecule has 0 radical (unpaired) electrons. The third kappa shape index (κ3) is 2.19. The molecule has 0 aliphatic carbocycles. The summed E-state index contributed by atoms with van der Waals surface area (Å²) < 4.78 is 5.06. The minimum absolute atomic E-state index is 0.439. The maximum atomic E-state index is 5.06. The van der Waals surface area contributed by atoms with Crippen molar-refractivity contribution in [1.82, 2.24) is 15.0 Å². The highest BCUT2D eigenvalue weighted by molar-refractivity contribution is 7.13. The highest BCUT2D eigenvalue weighted by Gasteiger charge is 2.09. The molecule has 2 aromatic heterocycles. The van der Waals surface area contributed by atoms with Crippen LogP contribution >= 0.6 is 11.3 Å². The Labute approximate surface area is 98.4 Å². The van der Waals surface area contributed by atoms with Crippen LogP contribution in [0, 0.1) is 0 Å². The highest BCUT2D eigenvalue weighted by Crippen LogP contribution is 2.26. The van der Waals surface area contributed by atoms with Crippen molar-refractivity contribution in [2.45, 2.75) is 19.8 Å². The van der Waals surface area contributed by atoms with E-state index in [1.807, 2.05) is 0 Å². The normalized spacial score (nSPS) is 10.8. The maximum absolute atomic E-state index is 5.06. The summed E-state index contributed by atoms with van der Waals surface area (Å²) in [6.45, 7) is 4.25. The van der Waals surface area contributed by atoms with E-state index in [-0.39, 0.29) is 0 Å². The Kier molecular flexibility index (Phi) is 3.14. The molecular formula is C11H13N3OS. The minimum atomic E-state index is 0.439. The largest absolute Gasteiger partial charge is 0.481 e. The van der Waals surface area contributed by atoms with Gasteiger partial charge in [-0.15, -0.1) is 11.3 Å². The van der Waals surface area contributed by atoms with Gasteiger partial charge in [0.2, 0.25) is 5.88 Å². The first-order valence-electron chi connectivity index (χ1n) is 5.02. The second-order valence-electron chi connectivity index (χ2n) is 3.68. The SMILES string of the molecule is COc1cc(-c2nc(C(C)C)cs2)ncn1. The van der Waals surface area contributed by atoms with E-state index in [2.05, 4.69) is 34.2 Å². The number of aromatic nitrogens is 3. The Morgan fingerprint density at radius 3 is 2.75 bits per heavy atom. The molecule has 0 N–H and O–H groups in total. The molecule has 2 aromatic rings. The zero-order valence-corrected chi connectivity index (χ0v) is 10.3. The van der Waals surface area contributed by atoms with Crippen molar-refractivity contribution in [2.75, 3.05) is 7.11 Å². The van der Waals surface area contributed by atoms with E-state index in [1.54, 1.807) is 24.5 Å². The summed E-state index contributed by atoms with van der Waals surface area (Å²) in [6, 6.07) is 1.79. The lowest BCUT2D eigenvalue weighted by molar-refractivity contribution is 0.397. The van der Waals surface area contributed by atoms with Crippen molar-refractivity contribution in [3.63, 3.8) is 0 Å². The third-order valence-electron chi connectivity index (χ3n) is 2.18. The summed E-state index contributed by atoms with van der Waals surface area (Å²) in [7, 11) is 1.59. The van der Waals surface area contributed by atoms with Crippen LogP contribution in [-0.4, -0.2) is 22.1 Å². The van der Waals surface area contributed by atoms with Crippen LogP contribution in [0.4, 0.5) is 0 Å². The van der Waals surface area contributed by atoms with Gasteiger partial charge < -0.3 is 4.74 Å². The Balaban J connectivity index is 2.34. The van der Waals surface area contributed by atoms with E-state index in [9.17, 15) is 0 Å². The van der Waals surface area contributed by atoms with Gasteiger partial charge in [-0.2, -0.15) is 0 Å². The molecule has 0 unspecified atom stereocenters. The van der Waals surface area contributed by atoms with E-state index in [0.717, 1.165) is 16.4 Å². The predicted molar refractivity (Wildman–Crippen MR) is 63.8 cm³/mol. The average molecular weight is 235 g/mol. The van der Waals surface area contributed by atoms with Crippen LogP contribution in [0.25, 0.3) is 10.7 Å². The number of methoxy groups -OCH3 is 1. The van der Waals surface area contributed by atoms with E-state index in [0.29, 0.717) is 11.8 Å². The third-order valence-corrected chi connectivity index (χ3v) is 3.07. The molecule has 0 fully saturated rings. The van der Waals surface area contributed by atoms with Gasteiger partial charge in [0.15, 0.2) is 0 Å². The number of thiazole rings is 1. The summed E-state index contributed by atoms with van der Waals surface area (Å²) in [5, 5.41) is 2.97. The molecular weight excluding hydrogens is 222 g/mol. The Morgan fingerprint density at radius 2 is 2.12 bits per heavy atom. The summed E-state index contributed by atoms with van der Waals surface area (Å²) in [4.78, 5) is 12.7. The van der Waals surface area contributed by atoms with Gasteiger partial charge in [-0.25, -0.2) is 15.0 Å². The van der Waals surface area contributed by atoms with Crippen LogP contribution in [0.3, 0.4) is 0 Å². The molecule has 2 rings (SSSR count). The van der Waals surface area contributed by atoms with E-state index >= 15 is 0 Å². The van der Waals surface area contributed by atoms with Crippen LogP contribution in [0.1, 0.15) is 25.5 Å². The molecule has 0 bridgehead atoms. The molecule has 16 heavy (non-hydrogen) atoms. The second kappa shape index (κ2) is 4.57. The van der Waals surface area contributed by atoms with E-state index < -0.39 is 0 Å². The molecule has 4 nitrogen and oxygen atoms in total. The van der Waals surface area contributed by atoms with Gasteiger partial charge in [0.25, 0.3) is 0 Å². The Bertz CT molecular complexity index is 482. The highest BCUT2D eigenvalue weighted by atomic mass is 32.1. The molecule has 0 saturated heterocycles. The average Bonchev–Trinajstić information content (AvgIpc) is 2.78. The van der Waals surface area contributed by atoms with Crippen molar-refractivity contribution in [2.24, 2.45) is 0 Å². The van der Waals surface area contributed by atoms with Crippen molar-refractivity contribution >= 4 is 11.3 Å². The van der Waals surface area contributed by atoms with Crippen LogP contribution in [0.15, 0.2) is 17.8 Å². The molecule has 2 heterocycles. The van der Waals surface area contributed by atoms with Crippen LogP contribution in [0.5, 0.6) is 5.88 Å². The maximum Gasteiger partial charge on any atom is 0.216 e. The van der Waals surface area contributed by atoms with Gasteiger partial charge in [0.05, 0.1) is 12.8 Å². The van der Waals surface area contributed by atoms with Crippen LogP contribution in [0.2, 0.25) is 0 Å². The quantitative estimate of drug-likeness (QED) is 0.820. The fraction of sp³-hybridized carbons (Fsp3) is 0.364. The van der Waals surface area contributed by atoms with Gasteiger partial charge >= 0.3 is 0 Å². The first kappa shape index (κ1) is 11.0. The smallest absolute Gasteiger partial charge is 0.216 e. The van der Waals surface area contributed by atoms with E-state index in [1.165, 1.54) is 6.33 Å². The monoisotopic (exact) mass is 235 g/mol. The van der Waals surface area contributed by atoms with Gasteiger partial charge in [0.1, 0.15) is 17.0 Å². The molecule has 5 heteroatoms. The van der Waals surface area contributed by atoms with Crippen molar-refractivity contribution in [1.29, 1.82) is 0 Å². The second-order valence-corrected chi connectivity index (χ2v) is 4.54. The minimum Gasteiger partial charge on any atom is -0.481 e. The lowest BCUT2D eigenvalue weighted by Crippen LogP contribution is -1.91. The molecule has 0 aromatic carbocycles. The molecule has 0 amide bonds. The van der Waals surface area contributed by atoms with E-state index in [4.69, 9.17) is 4.74 Å². The fourth-order valence-electron chi connectivity index (χ4n) is 1.24. The first-order chi connectivity index (χ1) is 7.70. The zero-order chi connectivity index (χ0) is 11.5. The Hall–Kier alpha value is -1.49. The van der Waals surface area contributed by atoms with Crippen LogP contribution < -0.4 is 4.74 Å². The molecule has 0 aliphatic rings. The first-order valence-corrected chi connectivity index (χ1v) is 5.90. The molecule has 0 saturated carbocycles. The zero-order valence-electron chi connectivity index (χ0n) is 9.47. The number of ether oxygens (including phenoxy) is 1. The molecule has 0 spiro atoms. The summed E-state index contributed by atoms with van der Waals surface area (Å²) in [5.74, 6) is 1.00. The Morgan fingerprint density at radius 1 is 1.31 bits per heavy atom. The van der Waals surface area contributed by atoms with Crippen molar-refractivity contribution < 1.29 is 4.74 Å². The van der Waals surface area contributed by atoms with Crippen molar-refractivity contribution in [3.05, 3.63) is 23.5 Å². The number of nitrogens with zero attached hydrogens (tertiary/aromatic N) is 3. The number of hydrogen-bond donors (Lipinski definition) is 0. The molecule has 84 valence electrons. The molecule has 0 atom stereocenters. The predicted octanol–water partition coefficient (Wildman–Crippen LogP) is 2.73. The van der Waals surface area contributed by atoms with Crippen LogP contribution in [-0.2, 0) is 0 Å². The lowest BCUT2D eigenvalue weighted by atomic mass is 10.2.